The van der Waals surface area contributed by atoms with Crippen LogP contribution in [0.1, 0.15) is 52.4 Å². The number of ether oxygens (including phenoxy) is 3. The highest BCUT2D eigenvalue weighted by Crippen LogP contribution is 2.51. The van der Waals surface area contributed by atoms with E-state index in [-0.39, 0.29) is 34.4 Å². The van der Waals surface area contributed by atoms with Crippen molar-refractivity contribution >= 4 is 27.9 Å². The van der Waals surface area contributed by atoms with Gasteiger partial charge >= 0.3 is 11.9 Å². The summed E-state index contributed by atoms with van der Waals surface area (Å²) in [5.41, 5.74) is -0.376. The lowest BCUT2D eigenvalue weighted by molar-refractivity contribution is -0.236. The van der Waals surface area contributed by atoms with Gasteiger partial charge in [0.1, 0.15) is 10.9 Å². The summed E-state index contributed by atoms with van der Waals surface area (Å²) >= 11 is 3.22. The van der Waals surface area contributed by atoms with E-state index in [2.05, 4.69) is 15.9 Å². The summed E-state index contributed by atoms with van der Waals surface area (Å²) in [6, 6.07) is 0. The number of fused-ring (bicyclic) bond motifs is 1. The molecule has 2 heterocycles. The third kappa shape index (κ3) is 3.18. The lowest BCUT2D eigenvalue weighted by Crippen LogP contribution is -2.49. The first-order chi connectivity index (χ1) is 10.4. The summed E-state index contributed by atoms with van der Waals surface area (Å²) in [6.07, 6.45) is 4.22. The standard InChI is InChI=1S/C16H23BrO5/c1-3-13(21-14(18)9(2)17)22-16-6-10-4-11(7-16)15(19)20-12(5-10)8-16/h9-13H,3-8H2,1-2H3. The van der Waals surface area contributed by atoms with Crippen LogP contribution in [0.3, 0.4) is 0 Å². The zero-order chi connectivity index (χ0) is 15.9. The van der Waals surface area contributed by atoms with E-state index in [0.29, 0.717) is 18.8 Å². The van der Waals surface area contributed by atoms with Crippen LogP contribution in [0.4, 0.5) is 0 Å². The highest BCUT2D eigenvalue weighted by atomic mass is 79.9. The summed E-state index contributed by atoms with van der Waals surface area (Å²) in [7, 11) is 0. The third-order valence-electron chi connectivity index (χ3n) is 5.00. The highest BCUT2D eigenvalue weighted by molar-refractivity contribution is 9.10. The molecule has 0 spiro atoms. The largest absolute Gasteiger partial charge is 0.462 e. The molecule has 2 aliphatic carbocycles. The zero-order valence-corrected chi connectivity index (χ0v) is 14.6. The first kappa shape index (κ1) is 16.2. The van der Waals surface area contributed by atoms with Gasteiger partial charge in [-0.15, -0.1) is 0 Å². The Morgan fingerprint density at radius 1 is 1.41 bits per heavy atom. The fourth-order valence-corrected chi connectivity index (χ4v) is 4.32. The number of carbonyl (C=O) groups is 2. The van der Waals surface area contributed by atoms with Crippen molar-refractivity contribution in [3.63, 3.8) is 0 Å². The molecule has 0 radical (unpaired) electrons. The van der Waals surface area contributed by atoms with Crippen molar-refractivity contribution < 1.29 is 23.8 Å². The van der Waals surface area contributed by atoms with Gasteiger partial charge in [-0.3, -0.25) is 9.59 Å². The van der Waals surface area contributed by atoms with Gasteiger partial charge < -0.3 is 14.2 Å². The van der Waals surface area contributed by atoms with Gasteiger partial charge in [0.25, 0.3) is 0 Å². The van der Waals surface area contributed by atoms with Crippen LogP contribution in [-0.4, -0.2) is 34.8 Å². The van der Waals surface area contributed by atoms with Crippen LogP contribution in [0.25, 0.3) is 0 Å². The van der Waals surface area contributed by atoms with Gasteiger partial charge in [0.15, 0.2) is 0 Å². The molecule has 124 valence electrons. The molecule has 0 amide bonds. The number of halogens is 1. The van der Waals surface area contributed by atoms with E-state index in [4.69, 9.17) is 14.2 Å². The van der Waals surface area contributed by atoms with Crippen LogP contribution < -0.4 is 0 Å². The SMILES string of the molecule is CCC(OC(=O)C(C)Br)OC12CC3CC(C1)OC(=O)C(C3)C2. The number of carbonyl (C=O) groups excluding carboxylic acids is 2. The van der Waals surface area contributed by atoms with Crippen molar-refractivity contribution in [1.82, 2.24) is 0 Å². The van der Waals surface area contributed by atoms with E-state index in [0.717, 1.165) is 25.7 Å². The second-order valence-corrected chi connectivity index (χ2v) is 8.27. The maximum absolute atomic E-state index is 12.1. The molecular formula is C16H23BrO5. The first-order valence-electron chi connectivity index (χ1n) is 8.13. The second kappa shape index (κ2) is 6.11. The van der Waals surface area contributed by atoms with Crippen LogP contribution in [0.5, 0.6) is 0 Å². The maximum Gasteiger partial charge on any atom is 0.321 e. The summed E-state index contributed by atoms with van der Waals surface area (Å²) in [5.74, 6) is 0.0281. The Kier molecular flexibility index (Phi) is 4.52. The van der Waals surface area contributed by atoms with Gasteiger partial charge in [-0.05, 0) is 38.5 Å². The Hall–Kier alpha value is -0.620. The van der Waals surface area contributed by atoms with E-state index >= 15 is 0 Å². The number of rotatable bonds is 5. The minimum Gasteiger partial charge on any atom is -0.462 e. The summed E-state index contributed by atoms with van der Waals surface area (Å²) in [5, 5.41) is 0. The van der Waals surface area contributed by atoms with Gasteiger partial charge in [0.05, 0.1) is 11.5 Å². The van der Waals surface area contributed by atoms with Crippen molar-refractivity contribution in [2.75, 3.05) is 0 Å². The van der Waals surface area contributed by atoms with Crippen LogP contribution in [0, 0.1) is 11.8 Å². The first-order valence-corrected chi connectivity index (χ1v) is 9.05. The molecule has 4 aliphatic rings. The number of hydrogen-bond acceptors (Lipinski definition) is 5. The fourth-order valence-electron chi connectivity index (χ4n) is 4.21. The van der Waals surface area contributed by atoms with E-state index < -0.39 is 6.29 Å². The minimum atomic E-state index is -0.557. The number of hydrogen-bond donors (Lipinski definition) is 0. The summed E-state index contributed by atoms with van der Waals surface area (Å²) in [4.78, 5) is 23.5. The van der Waals surface area contributed by atoms with Gasteiger partial charge in [0.2, 0.25) is 6.29 Å². The second-order valence-electron chi connectivity index (χ2n) is 6.90. The molecular weight excluding hydrogens is 352 g/mol. The third-order valence-corrected chi connectivity index (χ3v) is 5.37. The van der Waals surface area contributed by atoms with Crippen LogP contribution in [0.15, 0.2) is 0 Å². The van der Waals surface area contributed by atoms with Crippen molar-refractivity contribution in [1.29, 1.82) is 0 Å². The predicted molar refractivity (Wildman–Crippen MR) is 82.3 cm³/mol. The van der Waals surface area contributed by atoms with Gasteiger partial charge in [0, 0.05) is 12.8 Å². The van der Waals surface area contributed by atoms with E-state index in [9.17, 15) is 9.59 Å². The fraction of sp³-hybridized carbons (Fsp3) is 0.875. The number of alkyl halides is 1. The predicted octanol–water partition coefficient (Wildman–Crippen LogP) is 2.94. The van der Waals surface area contributed by atoms with E-state index in [1.54, 1.807) is 6.92 Å². The molecule has 0 N–H and O–H groups in total. The average molecular weight is 375 g/mol. The van der Waals surface area contributed by atoms with E-state index in [1.807, 2.05) is 6.92 Å². The molecule has 6 atom stereocenters. The smallest absolute Gasteiger partial charge is 0.321 e. The topological polar surface area (TPSA) is 61.8 Å². The van der Waals surface area contributed by atoms with E-state index in [1.165, 1.54) is 0 Å². The lowest BCUT2D eigenvalue weighted by atomic mass is 9.65. The molecule has 4 fully saturated rings. The maximum atomic E-state index is 12.1. The summed E-state index contributed by atoms with van der Waals surface area (Å²) in [6.45, 7) is 3.67. The van der Waals surface area contributed by atoms with Gasteiger partial charge in [-0.1, -0.05) is 22.9 Å². The van der Waals surface area contributed by atoms with Crippen LogP contribution in [0.2, 0.25) is 0 Å². The van der Waals surface area contributed by atoms with Crippen molar-refractivity contribution in [2.24, 2.45) is 11.8 Å². The molecule has 2 saturated heterocycles. The minimum absolute atomic E-state index is 0.0398. The van der Waals surface area contributed by atoms with Crippen molar-refractivity contribution in [3.8, 4) is 0 Å². The Bertz CT molecular complexity index is 465. The van der Waals surface area contributed by atoms with Crippen LogP contribution in [-0.2, 0) is 23.8 Å². The lowest BCUT2D eigenvalue weighted by Gasteiger charge is -2.47. The van der Waals surface area contributed by atoms with Crippen molar-refractivity contribution in [3.05, 3.63) is 0 Å². The molecule has 4 rings (SSSR count). The Morgan fingerprint density at radius 3 is 2.86 bits per heavy atom. The number of esters is 2. The molecule has 5 nitrogen and oxygen atoms in total. The molecule has 0 aromatic heterocycles. The normalized spacial score (nSPS) is 39.0. The average Bonchev–Trinajstić information content (AvgIpc) is 2.60. The molecule has 0 aromatic carbocycles. The molecule has 0 aromatic rings. The zero-order valence-electron chi connectivity index (χ0n) is 13.0. The molecule has 2 aliphatic heterocycles. The highest BCUT2D eigenvalue weighted by Gasteiger charge is 2.54. The Labute approximate surface area is 139 Å². The van der Waals surface area contributed by atoms with Crippen molar-refractivity contribution in [2.45, 2.75) is 75.2 Å². The molecule has 22 heavy (non-hydrogen) atoms. The Morgan fingerprint density at radius 2 is 2.18 bits per heavy atom. The van der Waals surface area contributed by atoms with Crippen LogP contribution >= 0.6 is 15.9 Å². The monoisotopic (exact) mass is 374 g/mol. The van der Waals surface area contributed by atoms with Gasteiger partial charge in [-0.25, -0.2) is 0 Å². The quantitative estimate of drug-likeness (QED) is 0.420. The molecule has 2 saturated carbocycles. The van der Waals surface area contributed by atoms with Gasteiger partial charge in [-0.2, -0.15) is 0 Å². The molecule has 6 heteroatoms. The molecule has 6 unspecified atom stereocenters. The Balaban J connectivity index is 1.73. The molecule has 4 bridgehead atoms. The summed E-state index contributed by atoms with van der Waals surface area (Å²) < 4.78 is 17.2.